The number of hydrogen-bond donors (Lipinski definition) is 2. The number of halogens is 1. The molecule has 1 rings (SSSR count). The van der Waals surface area contributed by atoms with Crippen LogP contribution in [-0.4, -0.2) is 17.6 Å². The lowest BCUT2D eigenvalue weighted by molar-refractivity contribution is 0.0692. The number of benzene rings is 1. The first kappa shape index (κ1) is 10.1. The molecule has 0 aromatic heterocycles. The van der Waals surface area contributed by atoms with Crippen molar-refractivity contribution in [3.05, 3.63) is 29.6 Å². The van der Waals surface area contributed by atoms with Crippen LogP contribution in [0.1, 0.15) is 10.4 Å². The summed E-state index contributed by atoms with van der Waals surface area (Å²) >= 11 is 0. The number of nitrogens with one attached hydrogen (secondary N) is 1. The molecule has 0 aliphatic rings. The van der Waals surface area contributed by atoms with Crippen LogP contribution in [0.15, 0.2) is 18.2 Å². The molecule has 0 atom stereocenters. The minimum atomic E-state index is -1.30. The molecule has 0 aliphatic heterocycles. The largest absolute Gasteiger partial charge is 0.478 e. The number of carboxylic acids is 1. The zero-order valence-electron chi connectivity index (χ0n) is 7.25. The average molecular weight is 193 g/mol. The van der Waals surface area contributed by atoms with Gasteiger partial charge < -0.3 is 10.4 Å². The van der Waals surface area contributed by atoms with Crippen molar-refractivity contribution in [3.8, 4) is 12.3 Å². The highest BCUT2D eigenvalue weighted by Gasteiger charge is 2.09. The topological polar surface area (TPSA) is 49.3 Å². The van der Waals surface area contributed by atoms with Gasteiger partial charge in [-0.05, 0) is 18.2 Å². The summed E-state index contributed by atoms with van der Waals surface area (Å²) in [5.74, 6) is 0.268. The predicted molar refractivity (Wildman–Crippen MR) is 50.7 cm³/mol. The summed E-state index contributed by atoms with van der Waals surface area (Å²) in [7, 11) is 0. The molecule has 2 N–H and O–H groups in total. The van der Waals surface area contributed by atoms with E-state index in [1.54, 1.807) is 0 Å². The molecule has 0 amide bonds. The first-order chi connectivity index (χ1) is 6.65. The SMILES string of the molecule is C#CCNc1ccc(F)c(C(=O)O)c1. The van der Waals surface area contributed by atoms with Gasteiger partial charge in [0, 0.05) is 5.69 Å². The highest BCUT2D eigenvalue weighted by molar-refractivity contribution is 5.89. The van der Waals surface area contributed by atoms with Crippen molar-refractivity contribution in [2.24, 2.45) is 0 Å². The minimum Gasteiger partial charge on any atom is -0.478 e. The van der Waals surface area contributed by atoms with Gasteiger partial charge in [-0.15, -0.1) is 6.42 Å². The third kappa shape index (κ3) is 2.23. The number of rotatable bonds is 3. The molecule has 0 unspecified atom stereocenters. The van der Waals surface area contributed by atoms with Crippen molar-refractivity contribution in [2.45, 2.75) is 0 Å². The second-order valence-corrected chi connectivity index (χ2v) is 2.56. The Bertz CT molecular complexity index is 396. The lowest BCUT2D eigenvalue weighted by atomic mass is 10.2. The molecule has 0 saturated heterocycles. The summed E-state index contributed by atoms with van der Waals surface area (Å²) in [5, 5.41) is 11.4. The van der Waals surface area contributed by atoms with Crippen LogP contribution in [0.5, 0.6) is 0 Å². The van der Waals surface area contributed by atoms with Gasteiger partial charge in [-0.3, -0.25) is 0 Å². The second kappa shape index (κ2) is 4.28. The van der Waals surface area contributed by atoms with E-state index in [2.05, 4.69) is 11.2 Å². The molecule has 72 valence electrons. The zero-order valence-corrected chi connectivity index (χ0v) is 7.25. The summed E-state index contributed by atoms with van der Waals surface area (Å²) in [6.45, 7) is 0.269. The van der Waals surface area contributed by atoms with Gasteiger partial charge >= 0.3 is 5.97 Å². The van der Waals surface area contributed by atoms with E-state index < -0.39 is 11.8 Å². The van der Waals surface area contributed by atoms with Gasteiger partial charge in [-0.2, -0.15) is 0 Å². The standard InChI is InChI=1S/C10H8FNO2/c1-2-5-12-7-3-4-9(11)8(6-7)10(13)14/h1,3-4,6,12H,5H2,(H,13,14). The van der Waals surface area contributed by atoms with Crippen LogP contribution in [-0.2, 0) is 0 Å². The highest BCUT2D eigenvalue weighted by Crippen LogP contribution is 2.14. The monoisotopic (exact) mass is 193 g/mol. The van der Waals surface area contributed by atoms with Crippen LogP contribution in [0.4, 0.5) is 10.1 Å². The van der Waals surface area contributed by atoms with Crippen LogP contribution in [0.2, 0.25) is 0 Å². The molecular formula is C10H8FNO2. The Labute approximate surface area is 80.6 Å². The number of aromatic carboxylic acids is 1. The van der Waals surface area contributed by atoms with E-state index in [1.807, 2.05) is 0 Å². The molecule has 3 nitrogen and oxygen atoms in total. The van der Waals surface area contributed by atoms with Gasteiger partial charge in [0.05, 0.1) is 12.1 Å². The average Bonchev–Trinajstić information content (AvgIpc) is 2.16. The summed E-state index contributed by atoms with van der Waals surface area (Å²) in [4.78, 5) is 10.5. The van der Waals surface area contributed by atoms with Crippen molar-refractivity contribution in [2.75, 3.05) is 11.9 Å². The Morgan fingerprint density at radius 3 is 2.93 bits per heavy atom. The third-order valence-corrected chi connectivity index (χ3v) is 1.59. The van der Waals surface area contributed by atoms with E-state index in [0.717, 1.165) is 6.07 Å². The maximum absolute atomic E-state index is 12.9. The third-order valence-electron chi connectivity index (χ3n) is 1.59. The highest BCUT2D eigenvalue weighted by atomic mass is 19.1. The fourth-order valence-electron chi connectivity index (χ4n) is 0.952. The lowest BCUT2D eigenvalue weighted by Gasteiger charge is -2.03. The van der Waals surface area contributed by atoms with Gasteiger partial charge in [0.25, 0.3) is 0 Å². The second-order valence-electron chi connectivity index (χ2n) is 2.56. The lowest BCUT2D eigenvalue weighted by Crippen LogP contribution is -2.04. The van der Waals surface area contributed by atoms with Crippen LogP contribution >= 0.6 is 0 Å². The smallest absolute Gasteiger partial charge is 0.338 e. The van der Waals surface area contributed by atoms with Crippen molar-refractivity contribution in [3.63, 3.8) is 0 Å². The van der Waals surface area contributed by atoms with E-state index in [9.17, 15) is 9.18 Å². The summed E-state index contributed by atoms with van der Waals surface area (Å²) in [6.07, 6.45) is 5.00. The maximum atomic E-state index is 12.9. The Kier molecular flexibility index (Phi) is 3.08. The van der Waals surface area contributed by atoms with Crippen molar-refractivity contribution in [1.29, 1.82) is 0 Å². The number of anilines is 1. The first-order valence-corrected chi connectivity index (χ1v) is 3.85. The van der Waals surface area contributed by atoms with Crippen LogP contribution in [0.25, 0.3) is 0 Å². The normalized spacial score (nSPS) is 9.14. The number of terminal acetylenes is 1. The predicted octanol–water partition coefficient (Wildman–Crippen LogP) is 1.57. The molecule has 0 bridgehead atoms. The molecule has 0 fully saturated rings. The molecule has 1 aromatic carbocycles. The fraction of sp³-hybridized carbons (Fsp3) is 0.100. The van der Waals surface area contributed by atoms with E-state index in [1.165, 1.54) is 12.1 Å². The molecule has 14 heavy (non-hydrogen) atoms. The Balaban J connectivity index is 2.96. The van der Waals surface area contributed by atoms with E-state index >= 15 is 0 Å². The van der Waals surface area contributed by atoms with Gasteiger partial charge in [0.2, 0.25) is 0 Å². The summed E-state index contributed by atoms with van der Waals surface area (Å²) in [6, 6.07) is 3.72. The Morgan fingerprint density at radius 2 is 2.36 bits per heavy atom. The molecular weight excluding hydrogens is 185 g/mol. The summed E-state index contributed by atoms with van der Waals surface area (Å²) < 4.78 is 12.9. The van der Waals surface area contributed by atoms with E-state index in [0.29, 0.717) is 5.69 Å². The summed E-state index contributed by atoms with van der Waals surface area (Å²) in [5.41, 5.74) is 0.119. The zero-order chi connectivity index (χ0) is 10.6. The van der Waals surface area contributed by atoms with E-state index in [-0.39, 0.29) is 12.1 Å². The van der Waals surface area contributed by atoms with Gasteiger partial charge in [0.1, 0.15) is 5.82 Å². The van der Waals surface area contributed by atoms with Gasteiger partial charge in [-0.1, -0.05) is 5.92 Å². The number of carbonyl (C=O) groups is 1. The van der Waals surface area contributed by atoms with Crippen molar-refractivity contribution < 1.29 is 14.3 Å². The molecule has 0 aliphatic carbocycles. The molecule has 4 heteroatoms. The van der Waals surface area contributed by atoms with E-state index in [4.69, 9.17) is 11.5 Å². The quantitative estimate of drug-likeness (QED) is 0.716. The molecule has 0 spiro atoms. The van der Waals surface area contributed by atoms with Crippen molar-refractivity contribution >= 4 is 11.7 Å². The molecule has 0 radical (unpaired) electrons. The number of carboxylic acid groups (broad SMARTS) is 1. The van der Waals surface area contributed by atoms with Gasteiger partial charge in [0.15, 0.2) is 0 Å². The number of hydrogen-bond acceptors (Lipinski definition) is 2. The Hall–Kier alpha value is -2.02. The van der Waals surface area contributed by atoms with Crippen LogP contribution < -0.4 is 5.32 Å². The van der Waals surface area contributed by atoms with Crippen LogP contribution in [0, 0.1) is 18.2 Å². The van der Waals surface area contributed by atoms with Gasteiger partial charge in [-0.25, -0.2) is 9.18 Å². The Morgan fingerprint density at radius 1 is 1.64 bits per heavy atom. The van der Waals surface area contributed by atoms with Crippen LogP contribution in [0.3, 0.4) is 0 Å². The molecule has 0 saturated carbocycles. The molecule has 0 heterocycles. The van der Waals surface area contributed by atoms with Crippen molar-refractivity contribution in [1.82, 2.24) is 0 Å². The minimum absolute atomic E-state index is 0.269. The maximum Gasteiger partial charge on any atom is 0.338 e. The first-order valence-electron chi connectivity index (χ1n) is 3.85. The molecule has 1 aromatic rings. The fourth-order valence-corrected chi connectivity index (χ4v) is 0.952.